The molecule has 0 aliphatic rings. The minimum atomic E-state index is -4.87. The Morgan fingerprint density at radius 2 is 1.54 bits per heavy atom. The summed E-state index contributed by atoms with van der Waals surface area (Å²) in [6.45, 7) is 0. The summed E-state index contributed by atoms with van der Waals surface area (Å²) >= 11 is 0. The van der Waals surface area contributed by atoms with Crippen LogP contribution in [-0.4, -0.2) is 18.3 Å². The number of nitro groups is 1. The average Bonchev–Trinajstić information content (AvgIpc) is 3.07. The molecule has 8 nitrogen and oxygen atoms in total. The molecule has 2 N–H and O–H groups in total. The normalized spacial score (nSPS) is 12.1. The molecule has 1 aromatic heterocycles. The summed E-state index contributed by atoms with van der Waals surface area (Å²) in [5.74, 6) is -1.78. The van der Waals surface area contributed by atoms with E-state index in [1.807, 2.05) is 0 Å². The van der Waals surface area contributed by atoms with Gasteiger partial charge in [0.05, 0.1) is 9.82 Å². The molecule has 0 bridgehead atoms. The number of hydrogen-bond donors (Lipinski definition) is 1. The molecule has 1 heterocycles. The topological polar surface area (TPSA) is 129 Å². The van der Waals surface area contributed by atoms with Crippen LogP contribution in [-0.2, 0) is 16.2 Å². The molecule has 0 unspecified atom stereocenters. The highest BCUT2D eigenvalue weighted by molar-refractivity contribution is 7.89. The van der Waals surface area contributed by atoms with Crippen molar-refractivity contribution in [2.75, 3.05) is 0 Å². The number of non-ortho nitro benzene ring substituents is 1. The third-order valence-electron chi connectivity index (χ3n) is 3.67. The molecular formula is C16H10F3N3O5S. The number of nitrogens with two attached hydrogens (primary N) is 1. The number of benzene rings is 2. The highest BCUT2D eigenvalue weighted by Gasteiger charge is 2.39. The van der Waals surface area contributed by atoms with Gasteiger partial charge in [-0.15, -0.1) is 0 Å². The maximum absolute atomic E-state index is 13.1. The van der Waals surface area contributed by atoms with Crippen molar-refractivity contribution in [3.05, 3.63) is 64.5 Å². The molecule has 0 saturated heterocycles. The van der Waals surface area contributed by atoms with Gasteiger partial charge in [-0.1, -0.05) is 12.1 Å². The maximum atomic E-state index is 13.1. The molecule has 0 aliphatic heterocycles. The van der Waals surface area contributed by atoms with Gasteiger partial charge in [0.1, 0.15) is 5.69 Å². The number of primary sulfonamides is 1. The number of nitro benzene ring substituents is 1. The molecule has 0 amide bonds. The van der Waals surface area contributed by atoms with Crippen LogP contribution in [0.5, 0.6) is 0 Å². The van der Waals surface area contributed by atoms with E-state index in [9.17, 15) is 31.7 Å². The molecule has 3 rings (SSSR count). The molecular weight excluding hydrogens is 403 g/mol. The number of aromatic nitrogens is 1. The minimum absolute atomic E-state index is 0.124. The Bertz CT molecular complexity index is 1140. The first kappa shape index (κ1) is 19.5. The smallest absolute Gasteiger partial charge is 0.432 e. The number of sulfonamides is 1. The van der Waals surface area contributed by atoms with Crippen LogP contribution >= 0.6 is 0 Å². The van der Waals surface area contributed by atoms with Crippen molar-refractivity contribution >= 4 is 15.7 Å². The lowest BCUT2D eigenvalue weighted by Crippen LogP contribution is -2.11. The Morgan fingerprint density at radius 1 is 1.00 bits per heavy atom. The monoisotopic (exact) mass is 413 g/mol. The quantitative estimate of drug-likeness (QED) is 0.514. The zero-order valence-corrected chi connectivity index (χ0v) is 14.5. The summed E-state index contributed by atoms with van der Waals surface area (Å²) in [5, 5.41) is 15.7. The summed E-state index contributed by atoms with van der Waals surface area (Å²) in [5.41, 5.74) is -0.195. The van der Waals surface area contributed by atoms with E-state index in [-0.39, 0.29) is 33.2 Å². The van der Waals surface area contributed by atoms with Crippen molar-refractivity contribution in [1.29, 1.82) is 0 Å². The van der Waals surface area contributed by atoms with Gasteiger partial charge in [0.25, 0.3) is 5.69 Å². The number of nitrogens with zero attached hydrogens (tertiary/aromatic N) is 2. The maximum Gasteiger partial charge on any atom is 0.468 e. The largest absolute Gasteiger partial charge is 0.468 e. The highest BCUT2D eigenvalue weighted by atomic mass is 32.2. The molecule has 0 spiro atoms. The predicted octanol–water partition coefficient (Wildman–Crippen LogP) is 3.58. The molecule has 0 atom stereocenters. The zero-order valence-electron chi connectivity index (χ0n) is 13.7. The number of rotatable bonds is 4. The van der Waals surface area contributed by atoms with Crippen LogP contribution in [0.4, 0.5) is 18.9 Å². The number of hydrogen-bond acceptors (Lipinski definition) is 6. The van der Waals surface area contributed by atoms with Gasteiger partial charge in [0, 0.05) is 23.3 Å². The van der Waals surface area contributed by atoms with E-state index in [1.165, 1.54) is 24.3 Å². The van der Waals surface area contributed by atoms with E-state index < -0.39 is 27.0 Å². The molecule has 3 aromatic rings. The first-order chi connectivity index (χ1) is 13.0. The van der Waals surface area contributed by atoms with Crippen molar-refractivity contribution in [1.82, 2.24) is 4.98 Å². The van der Waals surface area contributed by atoms with E-state index in [0.29, 0.717) is 0 Å². The second kappa shape index (κ2) is 6.73. The van der Waals surface area contributed by atoms with Gasteiger partial charge in [-0.25, -0.2) is 18.5 Å². The summed E-state index contributed by atoms with van der Waals surface area (Å²) in [6.07, 6.45) is -4.87. The van der Waals surface area contributed by atoms with Crippen LogP contribution in [0.3, 0.4) is 0 Å². The molecule has 0 aliphatic carbocycles. The van der Waals surface area contributed by atoms with E-state index in [0.717, 1.165) is 24.3 Å². The summed E-state index contributed by atoms with van der Waals surface area (Å²) in [7, 11) is -3.98. The lowest BCUT2D eigenvalue weighted by Gasteiger charge is -2.03. The van der Waals surface area contributed by atoms with Gasteiger partial charge in [-0.3, -0.25) is 10.1 Å². The second-order valence-corrected chi connectivity index (χ2v) is 7.13. The van der Waals surface area contributed by atoms with Crippen LogP contribution in [0, 0.1) is 10.1 Å². The molecule has 12 heteroatoms. The van der Waals surface area contributed by atoms with Crippen molar-refractivity contribution < 1.29 is 30.9 Å². The minimum Gasteiger partial charge on any atom is -0.432 e. The van der Waals surface area contributed by atoms with Gasteiger partial charge in [0.2, 0.25) is 10.0 Å². The molecule has 0 radical (unpaired) electrons. The molecule has 0 fully saturated rings. The Balaban J connectivity index is 2.14. The molecule has 28 heavy (non-hydrogen) atoms. The average molecular weight is 413 g/mol. The van der Waals surface area contributed by atoms with E-state index >= 15 is 0 Å². The number of alkyl halides is 3. The fourth-order valence-electron chi connectivity index (χ4n) is 2.37. The molecule has 2 aromatic carbocycles. The summed E-state index contributed by atoms with van der Waals surface area (Å²) in [4.78, 5) is 13.3. The van der Waals surface area contributed by atoms with Gasteiger partial charge >= 0.3 is 12.1 Å². The third kappa shape index (κ3) is 3.87. The van der Waals surface area contributed by atoms with E-state index in [4.69, 9.17) is 9.56 Å². The fourth-order valence-corrected chi connectivity index (χ4v) is 2.89. The predicted molar refractivity (Wildman–Crippen MR) is 90.4 cm³/mol. The van der Waals surface area contributed by atoms with Crippen LogP contribution in [0.2, 0.25) is 0 Å². The Morgan fingerprint density at radius 3 is 2.00 bits per heavy atom. The fraction of sp³-hybridized carbons (Fsp3) is 0.0625. The Labute approximate surface area is 155 Å². The van der Waals surface area contributed by atoms with Gasteiger partial charge in [-0.2, -0.15) is 13.2 Å². The number of halogens is 3. The van der Waals surface area contributed by atoms with Crippen LogP contribution < -0.4 is 5.14 Å². The second-order valence-electron chi connectivity index (χ2n) is 5.57. The summed E-state index contributed by atoms with van der Waals surface area (Å²) in [6, 6.07) is 9.36. The van der Waals surface area contributed by atoms with Crippen molar-refractivity contribution in [2.45, 2.75) is 11.1 Å². The van der Waals surface area contributed by atoms with Gasteiger partial charge in [0.15, 0.2) is 5.76 Å². The highest BCUT2D eigenvalue weighted by Crippen LogP contribution is 2.38. The summed E-state index contributed by atoms with van der Waals surface area (Å²) < 4.78 is 66.7. The van der Waals surface area contributed by atoms with Crippen molar-refractivity contribution in [2.24, 2.45) is 5.14 Å². The molecule has 146 valence electrons. The Kier molecular flexibility index (Phi) is 4.69. The standard InChI is InChI=1S/C16H10F3N3O5S/c17-16(18,19)15-21-13(9-3-7-12(8-4-9)28(20,25)26)14(27-15)10-1-5-11(6-2-10)22(23)24/h1-8H,(H2,20,25,26). The van der Waals surface area contributed by atoms with Crippen LogP contribution in [0.1, 0.15) is 5.89 Å². The number of oxazole rings is 1. The van der Waals surface area contributed by atoms with Crippen LogP contribution in [0.25, 0.3) is 22.6 Å². The molecule has 0 saturated carbocycles. The van der Waals surface area contributed by atoms with E-state index in [2.05, 4.69) is 4.98 Å². The van der Waals surface area contributed by atoms with Crippen molar-refractivity contribution in [3.63, 3.8) is 0 Å². The third-order valence-corrected chi connectivity index (χ3v) is 4.60. The SMILES string of the molecule is NS(=O)(=O)c1ccc(-c2nc(C(F)(F)F)oc2-c2ccc([N+](=O)[O-])cc2)cc1. The first-order valence-electron chi connectivity index (χ1n) is 7.43. The Hall–Kier alpha value is -3.25. The van der Waals surface area contributed by atoms with Crippen molar-refractivity contribution in [3.8, 4) is 22.6 Å². The lowest BCUT2D eigenvalue weighted by molar-refractivity contribution is -0.384. The van der Waals surface area contributed by atoms with Crippen LogP contribution in [0.15, 0.2) is 57.8 Å². The van der Waals surface area contributed by atoms with Gasteiger partial charge in [-0.05, 0) is 24.3 Å². The zero-order chi connectivity index (χ0) is 20.7. The van der Waals surface area contributed by atoms with E-state index in [1.54, 1.807) is 0 Å². The first-order valence-corrected chi connectivity index (χ1v) is 8.97. The van der Waals surface area contributed by atoms with Gasteiger partial charge < -0.3 is 4.42 Å². The lowest BCUT2D eigenvalue weighted by atomic mass is 10.1.